The molecule has 2 aliphatic rings. The lowest BCUT2D eigenvalue weighted by molar-refractivity contribution is -0.143. The third-order valence-electron chi connectivity index (χ3n) is 8.36. The first kappa shape index (κ1) is 31.5. The van der Waals surface area contributed by atoms with Gasteiger partial charge in [0.15, 0.2) is 11.5 Å². The van der Waals surface area contributed by atoms with Crippen molar-refractivity contribution in [3.8, 4) is 11.5 Å². The van der Waals surface area contributed by atoms with Gasteiger partial charge in [-0.25, -0.2) is 0 Å². The topological polar surface area (TPSA) is 48.0 Å². The van der Waals surface area contributed by atoms with Crippen molar-refractivity contribution >= 4 is 5.91 Å². The van der Waals surface area contributed by atoms with Crippen LogP contribution in [0.25, 0.3) is 0 Å². The van der Waals surface area contributed by atoms with Crippen molar-refractivity contribution < 1.29 is 45.3 Å². The Bertz CT molecular complexity index is 1600. The lowest BCUT2D eigenvalue weighted by atomic mass is 9.75. The number of ether oxygens (including phenoxy) is 3. The first-order chi connectivity index (χ1) is 22.0. The number of carbonyl (C=O) groups is 1. The second-order valence-electron chi connectivity index (χ2n) is 11.3. The number of rotatable bonds is 7. The molecule has 1 amide bonds. The van der Waals surface area contributed by atoms with E-state index >= 15 is 0 Å². The number of hydrogen-bond donors (Lipinski definition) is 0. The van der Waals surface area contributed by atoms with E-state index < -0.39 is 42.1 Å². The number of halogens is 6. The minimum absolute atomic E-state index is 0.0595. The minimum atomic E-state index is -4.97. The fourth-order valence-corrected chi connectivity index (χ4v) is 6.20. The quantitative estimate of drug-likeness (QED) is 0.191. The van der Waals surface area contributed by atoms with Gasteiger partial charge in [-0.3, -0.25) is 4.79 Å². The highest BCUT2D eigenvalue weighted by Gasteiger charge is 2.40. The second-order valence-corrected chi connectivity index (χ2v) is 11.3. The molecule has 0 unspecified atom stereocenters. The summed E-state index contributed by atoms with van der Waals surface area (Å²) in [6, 6.07) is 25.6. The number of benzene rings is 4. The van der Waals surface area contributed by atoms with Crippen molar-refractivity contribution in [3.05, 3.63) is 130 Å². The van der Waals surface area contributed by atoms with Gasteiger partial charge < -0.3 is 19.1 Å². The van der Waals surface area contributed by atoms with Crippen molar-refractivity contribution in [2.24, 2.45) is 5.92 Å². The molecule has 0 N–H and O–H groups in total. The SMILES string of the molecule is O=C(c1ccc2c(c1)OCO2)N1CC[C@H](OCc2cc(C(F)(F)F)cc(C(F)(F)F)c2)[C@H](C(c2ccccc2)c2ccccc2)C1. The average Bonchev–Trinajstić information content (AvgIpc) is 3.52. The van der Waals surface area contributed by atoms with Gasteiger partial charge in [0.1, 0.15) is 0 Å². The molecule has 0 bridgehead atoms. The molecule has 0 aliphatic carbocycles. The molecule has 2 heterocycles. The zero-order valence-electron chi connectivity index (χ0n) is 24.4. The fourth-order valence-electron chi connectivity index (χ4n) is 6.20. The number of likely N-dealkylation sites (tertiary alicyclic amines) is 1. The summed E-state index contributed by atoms with van der Waals surface area (Å²) in [6.07, 6.45) is -10.2. The Labute approximate surface area is 261 Å². The van der Waals surface area contributed by atoms with Crippen LogP contribution in [0.1, 0.15) is 50.5 Å². The summed E-state index contributed by atoms with van der Waals surface area (Å²) in [4.78, 5) is 15.5. The summed E-state index contributed by atoms with van der Waals surface area (Å²) < 4.78 is 98.3. The van der Waals surface area contributed by atoms with E-state index in [9.17, 15) is 31.1 Å². The van der Waals surface area contributed by atoms with Crippen LogP contribution in [-0.4, -0.2) is 36.8 Å². The Morgan fingerprint density at radius 3 is 1.96 bits per heavy atom. The van der Waals surface area contributed by atoms with Crippen molar-refractivity contribution in [1.82, 2.24) is 4.90 Å². The normalized spacial score (nSPS) is 18.2. The Balaban J connectivity index is 1.33. The highest BCUT2D eigenvalue weighted by Crippen LogP contribution is 2.41. The predicted octanol–water partition coefficient (Wildman–Crippen LogP) is 8.33. The van der Waals surface area contributed by atoms with Crippen LogP contribution in [0.3, 0.4) is 0 Å². The summed E-state index contributed by atoms with van der Waals surface area (Å²) in [5.41, 5.74) is -0.759. The molecule has 4 aromatic rings. The van der Waals surface area contributed by atoms with Crippen LogP contribution in [0.5, 0.6) is 11.5 Å². The van der Waals surface area contributed by atoms with Gasteiger partial charge in [0.05, 0.1) is 23.8 Å². The van der Waals surface area contributed by atoms with E-state index in [0.29, 0.717) is 35.6 Å². The summed E-state index contributed by atoms with van der Waals surface area (Å²) in [6.45, 7) is 0.0778. The number of carbonyl (C=O) groups excluding carboxylic acids is 1. The van der Waals surface area contributed by atoms with Gasteiger partial charge in [-0.15, -0.1) is 0 Å². The number of piperidine rings is 1. The summed E-state index contributed by atoms with van der Waals surface area (Å²) >= 11 is 0. The predicted molar refractivity (Wildman–Crippen MR) is 156 cm³/mol. The lowest BCUT2D eigenvalue weighted by Gasteiger charge is -2.42. The van der Waals surface area contributed by atoms with Crippen molar-refractivity contribution in [2.75, 3.05) is 19.9 Å². The zero-order chi connectivity index (χ0) is 32.5. The third-order valence-corrected chi connectivity index (χ3v) is 8.36. The van der Waals surface area contributed by atoms with Crippen LogP contribution >= 0.6 is 0 Å². The Hall–Kier alpha value is -4.51. The maximum Gasteiger partial charge on any atom is 0.416 e. The van der Waals surface area contributed by atoms with E-state index in [1.165, 1.54) is 0 Å². The Kier molecular flexibility index (Phi) is 8.69. The number of nitrogens with zero attached hydrogens (tertiary/aromatic N) is 1. The second kappa shape index (κ2) is 12.7. The largest absolute Gasteiger partial charge is 0.454 e. The van der Waals surface area contributed by atoms with Gasteiger partial charge in [0, 0.05) is 30.5 Å². The average molecular weight is 642 g/mol. The summed E-state index contributed by atoms with van der Waals surface area (Å²) in [5.74, 6) is 0.0649. The third kappa shape index (κ3) is 6.84. The smallest absolute Gasteiger partial charge is 0.416 e. The first-order valence-electron chi connectivity index (χ1n) is 14.7. The van der Waals surface area contributed by atoms with Crippen LogP contribution in [0, 0.1) is 5.92 Å². The van der Waals surface area contributed by atoms with Crippen LogP contribution in [0.4, 0.5) is 26.3 Å². The van der Waals surface area contributed by atoms with Crippen LogP contribution in [0.15, 0.2) is 97.1 Å². The number of amides is 1. The van der Waals surface area contributed by atoms with Gasteiger partial charge in [-0.05, 0) is 59.5 Å². The van der Waals surface area contributed by atoms with Crippen LogP contribution in [0.2, 0.25) is 0 Å². The molecule has 5 nitrogen and oxygen atoms in total. The molecule has 1 saturated heterocycles. The number of hydrogen-bond acceptors (Lipinski definition) is 4. The molecule has 6 rings (SSSR count). The van der Waals surface area contributed by atoms with E-state index in [2.05, 4.69) is 0 Å². The maximum absolute atomic E-state index is 13.8. The monoisotopic (exact) mass is 641 g/mol. The highest BCUT2D eigenvalue weighted by atomic mass is 19.4. The molecule has 240 valence electrons. The highest BCUT2D eigenvalue weighted by molar-refractivity contribution is 5.95. The molecule has 2 atom stereocenters. The van der Waals surface area contributed by atoms with Crippen molar-refractivity contribution in [1.29, 1.82) is 0 Å². The minimum Gasteiger partial charge on any atom is -0.454 e. The molecule has 1 fully saturated rings. The van der Waals surface area contributed by atoms with Crippen molar-refractivity contribution in [2.45, 2.75) is 37.4 Å². The summed E-state index contributed by atoms with van der Waals surface area (Å²) in [5, 5.41) is 0. The molecule has 0 aromatic heterocycles. The van der Waals surface area contributed by atoms with Crippen molar-refractivity contribution in [3.63, 3.8) is 0 Å². The Morgan fingerprint density at radius 2 is 1.37 bits per heavy atom. The van der Waals surface area contributed by atoms with Gasteiger partial charge in [0.2, 0.25) is 6.79 Å². The van der Waals surface area contributed by atoms with E-state index in [1.54, 1.807) is 23.1 Å². The molecule has 11 heteroatoms. The molecule has 0 radical (unpaired) electrons. The van der Waals surface area contributed by atoms with Gasteiger partial charge >= 0.3 is 12.4 Å². The zero-order valence-corrected chi connectivity index (χ0v) is 24.4. The summed E-state index contributed by atoms with van der Waals surface area (Å²) in [7, 11) is 0. The lowest BCUT2D eigenvalue weighted by Crippen LogP contribution is -2.49. The number of alkyl halides is 6. The van der Waals surface area contributed by atoms with Crippen LogP contribution in [-0.2, 0) is 23.7 Å². The fraction of sp³-hybridized carbons (Fsp3) is 0.286. The molecule has 2 aliphatic heterocycles. The van der Waals surface area contributed by atoms with E-state index in [0.717, 1.165) is 11.1 Å². The van der Waals surface area contributed by atoms with Gasteiger partial charge in [-0.1, -0.05) is 60.7 Å². The number of fused-ring (bicyclic) bond motifs is 1. The van der Waals surface area contributed by atoms with Gasteiger partial charge in [-0.2, -0.15) is 26.3 Å². The molecular formula is C35H29F6NO4. The molecule has 4 aromatic carbocycles. The standard InChI is InChI=1S/C35H29F6NO4/c36-34(37,38)26-15-22(16-27(18-26)35(39,40)41)20-44-29-13-14-42(33(43)25-11-12-30-31(17-25)46-21-45-30)19-28(29)32(23-7-3-1-4-8-23)24-9-5-2-6-10-24/h1-12,15-18,28-29,32H,13-14,19-21H2/t28-,29+/m1/s1. The molecule has 0 spiro atoms. The van der Waals surface area contributed by atoms with E-state index in [1.807, 2.05) is 60.7 Å². The van der Waals surface area contributed by atoms with E-state index in [4.69, 9.17) is 14.2 Å². The maximum atomic E-state index is 13.8. The Morgan fingerprint density at radius 1 is 0.783 bits per heavy atom. The van der Waals surface area contributed by atoms with Crippen LogP contribution < -0.4 is 9.47 Å². The first-order valence-corrected chi connectivity index (χ1v) is 14.7. The van der Waals surface area contributed by atoms with Gasteiger partial charge in [0.25, 0.3) is 5.91 Å². The van der Waals surface area contributed by atoms with E-state index in [-0.39, 0.29) is 43.3 Å². The molecule has 0 saturated carbocycles. The molecular weight excluding hydrogens is 612 g/mol. The molecule has 46 heavy (non-hydrogen) atoms.